The van der Waals surface area contributed by atoms with Crippen LogP contribution in [0.5, 0.6) is 0 Å². The molecule has 0 N–H and O–H groups in total. The van der Waals surface area contributed by atoms with Crippen molar-refractivity contribution in [2.45, 2.75) is 49.5 Å². The lowest BCUT2D eigenvalue weighted by Gasteiger charge is -2.27. The average molecular weight is 262 g/mol. The molecular formula is C16H22OS. The van der Waals surface area contributed by atoms with Crippen LogP contribution in [-0.4, -0.2) is 18.5 Å². The minimum Gasteiger partial charge on any atom is -0.378 e. The van der Waals surface area contributed by atoms with Crippen molar-refractivity contribution in [1.82, 2.24) is 0 Å². The summed E-state index contributed by atoms with van der Waals surface area (Å²) in [5.41, 5.74) is 1.51. The first-order valence-corrected chi connectivity index (χ1v) is 8.15. The summed E-state index contributed by atoms with van der Waals surface area (Å²) in [7, 11) is 0. The smallest absolute Gasteiger partial charge is 0.0578 e. The van der Waals surface area contributed by atoms with Crippen molar-refractivity contribution >= 4 is 11.8 Å². The first kappa shape index (κ1) is 12.6. The van der Waals surface area contributed by atoms with E-state index in [2.05, 4.69) is 31.2 Å². The minimum absolute atomic E-state index is 0.520. The van der Waals surface area contributed by atoms with Crippen molar-refractivity contribution in [3.8, 4) is 0 Å². The number of ether oxygens (including phenoxy) is 1. The molecule has 1 aromatic carbocycles. The number of hydrogen-bond acceptors (Lipinski definition) is 2. The minimum atomic E-state index is 0.520. The van der Waals surface area contributed by atoms with Crippen LogP contribution in [-0.2, 0) is 4.74 Å². The second kappa shape index (κ2) is 5.66. The normalized spacial score (nSPS) is 31.3. The van der Waals surface area contributed by atoms with Gasteiger partial charge < -0.3 is 4.74 Å². The Morgan fingerprint density at radius 1 is 1.28 bits per heavy atom. The van der Waals surface area contributed by atoms with Crippen molar-refractivity contribution in [3.63, 3.8) is 0 Å². The molecule has 0 bridgehead atoms. The van der Waals surface area contributed by atoms with E-state index in [1.54, 1.807) is 0 Å². The standard InChI is InChI=1S/C16H22OS/c1-12-5-4-6-14(9-12)17-10-13-11-18-16-8-3-2-7-15(13)16/h2-3,7-8,12-14H,4-6,9-11H2,1H3. The quantitative estimate of drug-likeness (QED) is 0.794. The van der Waals surface area contributed by atoms with E-state index in [-0.39, 0.29) is 0 Å². The van der Waals surface area contributed by atoms with Gasteiger partial charge in [-0.1, -0.05) is 38.0 Å². The van der Waals surface area contributed by atoms with Gasteiger partial charge in [-0.25, -0.2) is 0 Å². The highest BCUT2D eigenvalue weighted by Gasteiger charge is 2.25. The van der Waals surface area contributed by atoms with Gasteiger partial charge in [0.2, 0.25) is 0 Å². The highest BCUT2D eigenvalue weighted by molar-refractivity contribution is 7.99. The highest BCUT2D eigenvalue weighted by Crippen LogP contribution is 2.39. The maximum absolute atomic E-state index is 6.18. The van der Waals surface area contributed by atoms with E-state index >= 15 is 0 Å². The van der Waals surface area contributed by atoms with Crippen molar-refractivity contribution in [1.29, 1.82) is 0 Å². The lowest BCUT2D eigenvalue weighted by atomic mass is 9.88. The average Bonchev–Trinajstić information content (AvgIpc) is 2.80. The molecule has 1 aromatic rings. The van der Waals surface area contributed by atoms with Gasteiger partial charge in [-0.15, -0.1) is 11.8 Å². The Labute approximate surface area is 114 Å². The van der Waals surface area contributed by atoms with Gasteiger partial charge in [-0.05, 0) is 30.4 Å². The number of fused-ring (bicyclic) bond motifs is 1. The first-order valence-electron chi connectivity index (χ1n) is 7.16. The summed E-state index contributed by atoms with van der Waals surface area (Å²) in [6.45, 7) is 3.28. The van der Waals surface area contributed by atoms with Gasteiger partial charge in [-0.2, -0.15) is 0 Å². The van der Waals surface area contributed by atoms with Crippen molar-refractivity contribution < 1.29 is 4.74 Å². The molecule has 0 saturated heterocycles. The van der Waals surface area contributed by atoms with E-state index in [0.29, 0.717) is 12.0 Å². The largest absolute Gasteiger partial charge is 0.378 e. The van der Waals surface area contributed by atoms with Crippen LogP contribution in [0.2, 0.25) is 0 Å². The summed E-state index contributed by atoms with van der Waals surface area (Å²) in [6.07, 6.45) is 5.79. The van der Waals surface area contributed by atoms with Crippen LogP contribution in [0.15, 0.2) is 29.2 Å². The predicted octanol–water partition coefficient (Wildman–Crippen LogP) is 4.47. The van der Waals surface area contributed by atoms with Crippen LogP contribution in [0.1, 0.15) is 44.1 Å². The molecular weight excluding hydrogens is 240 g/mol. The maximum Gasteiger partial charge on any atom is 0.0578 e. The fraction of sp³-hybridized carbons (Fsp3) is 0.625. The predicted molar refractivity (Wildman–Crippen MR) is 77.3 cm³/mol. The van der Waals surface area contributed by atoms with Crippen molar-refractivity contribution in [2.75, 3.05) is 12.4 Å². The van der Waals surface area contributed by atoms with E-state index in [4.69, 9.17) is 4.74 Å². The molecule has 1 aliphatic carbocycles. The molecule has 3 unspecified atom stereocenters. The summed E-state index contributed by atoms with van der Waals surface area (Å²) in [6, 6.07) is 8.80. The van der Waals surface area contributed by atoms with Crippen LogP contribution < -0.4 is 0 Å². The Morgan fingerprint density at radius 2 is 2.17 bits per heavy atom. The topological polar surface area (TPSA) is 9.23 Å². The molecule has 3 rings (SSSR count). The molecule has 0 amide bonds. The van der Waals surface area contributed by atoms with E-state index in [9.17, 15) is 0 Å². The fourth-order valence-corrected chi connectivity index (χ4v) is 4.38. The molecule has 1 nitrogen and oxygen atoms in total. The SMILES string of the molecule is CC1CCCC(OCC2CSc3ccccc32)C1. The van der Waals surface area contributed by atoms with E-state index < -0.39 is 0 Å². The lowest BCUT2D eigenvalue weighted by Crippen LogP contribution is -2.23. The molecule has 98 valence electrons. The van der Waals surface area contributed by atoms with Gasteiger partial charge in [0.25, 0.3) is 0 Å². The van der Waals surface area contributed by atoms with Gasteiger partial charge in [0.15, 0.2) is 0 Å². The number of hydrogen-bond donors (Lipinski definition) is 0. The third-order valence-electron chi connectivity index (χ3n) is 4.22. The summed E-state index contributed by atoms with van der Waals surface area (Å²) in [4.78, 5) is 1.46. The van der Waals surface area contributed by atoms with Crippen LogP contribution in [0.25, 0.3) is 0 Å². The molecule has 3 atom stereocenters. The highest BCUT2D eigenvalue weighted by atomic mass is 32.2. The molecule has 2 heteroatoms. The molecule has 0 radical (unpaired) electrons. The van der Waals surface area contributed by atoms with Crippen LogP contribution in [0.3, 0.4) is 0 Å². The number of thioether (sulfide) groups is 1. The van der Waals surface area contributed by atoms with Gasteiger partial charge in [-0.3, -0.25) is 0 Å². The summed E-state index contributed by atoms with van der Waals surface area (Å²) in [5.74, 6) is 2.67. The van der Waals surface area contributed by atoms with Gasteiger partial charge in [0.1, 0.15) is 0 Å². The van der Waals surface area contributed by atoms with Crippen LogP contribution >= 0.6 is 11.8 Å². The molecule has 1 saturated carbocycles. The molecule has 0 aromatic heterocycles. The molecule has 0 spiro atoms. The Bertz CT molecular complexity index is 404. The van der Waals surface area contributed by atoms with Crippen molar-refractivity contribution in [3.05, 3.63) is 29.8 Å². The monoisotopic (exact) mass is 262 g/mol. The van der Waals surface area contributed by atoms with E-state index in [1.807, 2.05) is 11.8 Å². The summed E-state index contributed by atoms with van der Waals surface area (Å²) in [5, 5.41) is 0. The lowest BCUT2D eigenvalue weighted by molar-refractivity contribution is 0.0104. The Morgan fingerprint density at radius 3 is 3.06 bits per heavy atom. The van der Waals surface area contributed by atoms with E-state index in [0.717, 1.165) is 12.5 Å². The Hall–Kier alpha value is -0.470. The van der Waals surface area contributed by atoms with Crippen molar-refractivity contribution in [2.24, 2.45) is 5.92 Å². The number of benzene rings is 1. The van der Waals surface area contributed by atoms with Gasteiger partial charge in [0, 0.05) is 16.6 Å². The van der Waals surface area contributed by atoms with Crippen LogP contribution in [0.4, 0.5) is 0 Å². The Kier molecular flexibility index (Phi) is 3.95. The second-order valence-electron chi connectivity index (χ2n) is 5.77. The number of rotatable bonds is 3. The summed E-state index contributed by atoms with van der Waals surface area (Å²) < 4.78 is 6.18. The molecule has 2 aliphatic rings. The zero-order valence-corrected chi connectivity index (χ0v) is 11.9. The van der Waals surface area contributed by atoms with Crippen LogP contribution in [0, 0.1) is 5.92 Å². The molecule has 1 heterocycles. The molecule has 18 heavy (non-hydrogen) atoms. The molecule has 1 fully saturated rings. The van der Waals surface area contributed by atoms with Gasteiger partial charge >= 0.3 is 0 Å². The first-order chi connectivity index (χ1) is 8.83. The van der Waals surface area contributed by atoms with E-state index in [1.165, 1.54) is 41.9 Å². The fourth-order valence-electron chi connectivity index (χ4n) is 3.15. The third kappa shape index (κ3) is 2.75. The third-order valence-corrected chi connectivity index (χ3v) is 5.47. The summed E-state index contributed by atoms with van der Waals surface area (Å²) >= 11 is 1.98. The maximum atomic E-state index is 6.18. The Balaban J connectivity index is 1.55. The zero-order valence-electron chi connectivity index (χ0n) is 11.1. The second-order valence-corrected chi connectivity index (χ2v) is 6.83. The molecule has 1 aliphatic heterocycles. The zero-order chi connectivity index (χ0) is 12.4. The van der Waals surface area contributed by atoms with Gasteiger partial charge in [0.05, 0.1) is 12.7 Å².